The Labute approximate surface area is 239 Å². The van der Waals surface area contributed by atoms with Crippen molar-refractivity contribution in [2.24, 2.45) is 5.10 Å². The third-order valence-corrected chi connectivity index (χ3v) is 6.56. The summed E-state index contributed by atoms with van der Waals surface area (Å²) in [5, 5.41) is 20.9. The van der Waals surface area contributed by atoms with E-state index in [1.165, 1.54) is 25.1 Å². The van der Waals surface area contributed by atoms with Gasteiger partial charge in [-0.25, -0.2) is 10.2 Å². The van der Waals surface area contributed by atoms with E-state index in [9.17, 15) is 9.59 Å². The second-order valence-electron chi connectivity index (χ2n) is 8.24. The number of hydrogen-bond acceptors (Lipinski definition) is 9. The van der Waals surface area contributed by atoms with E-state index in [0.29, 0.717) is 39.5 Å². The minimum Gasteiger partial charge on any atom is -0.493 e. The minimum absolute atomic E-state index is 0.0148. The molecule has 3 N–H and O–H groups in total. The normalized spacial score (nSPS) is 10.8. The van der Waals surface area contributed by atoms with E-state index in [2.05, 4.69) is 20.7 Å². The van der Waals surface area contributed by atoms with Crippen molar-refractivity contribution in [3.63, 3.8) is 0 Å². The van der Waals surface area contributed by atoms with Gasteiger partial charge in [-0.2, -0.15) is 9.67 Å². The second kappa shape index (κ2) is 13.8. The van der Waals surface area contributed by atoms with Crippen molar-refractivity contribution in [3.8, 4) is 40.1 Å². The van der Waals surface area contributed by atoms with E-state index < -0.39 is 12.6 Å². The average molecular weight is 579 g/mol. The SMILES string of the molecule is COc1cc(-c2[nH]nc(SCC(=O)N/N=C/c3ccccc3OCC(=O)O)[n+]2-c2ccccc2)cc(OC)c1OC. The van der Waals surface area contributed by atoms with Crippen molar-refractivity contribution in [3.05, 3.63) is 72.3 Å². The number of carboxylic acid groups (broad SMARTS) is 1. The number of carboxylic acids is 1. The number of nitrogens with zero attached hydrogens (tertiary/aromatic N) is 3. The van der Waals surface area contributed by atoms with E-state index in [-0.39, 0.29) is 11.7 Å². The van der Waals surface area contributed by atoms with Gasteiger partial charge in [0.15, 0.2) is 18.1 Å². The number of rotatable bonds is 13. The molecule has 0 unspecified atom stereocenters. The number of carbonyl (C=O) groups excluding carboxylic acids is 1. The Morgan fingerprint density at radius 2 is 1.68 bits per heavy atom. The molecular weight excluding hydrogens is 550 g/mol. The largest absolute Gasteiger partial charge is 0.493 e. The third-order valence-electron chi connectivity index (χ3n) is 5.62. The molecule has 0 aliphatic rings. The maximum Gasteiger partial charge on any atom is 0.342 e. The van der Waals surface area contributed by atoms with Crippen molar-refractivity contribution >= 4 is 29.9 Å². The lowest BCUT2D eigenvalue weighted by molar-refractivity contribution is -0.625. The Morgan fingerprint density at radius 1 is 1.00 bits per heavy atom. The van der Waals surface area contributed by atoms with Crippen LogP contribution in [0.3, 0.4) is 0 Å². The van der Waals surface area contributed by atoms with E-state index in [4.69, 9.17) is 24.1 Å². The minimum atomic E-state index is -1.10. The lowest BCUT2D eigenvalue weighted by atomic mass is 10.1. The van der Waals surface area contributed by atoms with Crippen molar-refractivity contribution in [2.45, 2.75) is 5.16 Å². The molecule has 0 bridgehead atoms. The first kappa shape index (κ1) is 29.0. The maximum absolute atomic E-state index is 12.6. The lowest BCUT2D eigenvalue weighted by Gasteiger charge is -2.13. The van der Waals surface area contributed by atoms with Crippen LogP contribution < -0.4 is 28.9 Å². The van der Waals surface area contributed by atoms with Gasteiger partial charge in [0.2, 0.25) is 5.75 Å². The Bertz CT molecular complexity index is 1520. The molecule has 0 saturated heterocycles. The van der Waals surface area contributed by atoms with Gasteiger partial charge >= 0.3 is 11.1 Å². The number of aliphatic carboxylic acids is 1. The van der Waals surface area contributed by atoms with Crippen molar-refractivity contribution in [2.75, 3.05) is 33.7 Å². The van der Waals surface area contributed by atoms with Crippen LogP contribution in [0.2, 0.25) is 0 Å². The fourth-order valence-electron chi connectivity index (χ4n) is 3.82. The maximum atomic E-state index is 12.6. The van der Waals surface area contributed by atoms with Crippen LogP contribution in [0.4, 0.5) is 0 Å². The van der Waals surface area contributed by atoms with Crippen molar-refractivity contribution in [1.29, 1.82) is 0 Å². The average Bonchev–Trinajstić information content (AvgIpc) is 3.43. The smallest absolute Gasteiger partial charge is 0.342 e. The molecule has 4 aromatic rings. The number of aromatic amines is 1. The lowest BCUT2D eigenvalue weighted by Crippen LogP contribution is -2.34. The van der Waals surface area contributed by atoms with Crippen molar-refractivity contribution < 1.29 is 38.2 Å². The Kier molecular flexibility index (Phi) is 9.78. The Balaban J connectivity index is 1.54. The number of H-pyrrole nitrogens is 1. The summed E-state index contributed by atoms with van der Waals surface area (Å²) in [6.45, 7) is -0.489. The number of benzene rings is 3. The molecule has 0 radical (unpaired) electrons. The highest BCUT2D eigenvalue weighted by Crippen LogP contribution is 2.40. The van der Waals surface area contributed by atoms with Crippen molar-refractivity contribution in [1.82, 2.24) is 15.6 Å². The number of ether oxygens (including phenoxy) is 4. The number of hydrazone groups is 1. The van der Waals surface area contributed by atoms with Gasteiger partial charge in [0.25, 0.3) is 11.7 Å². The molecule has 0 aliphatic heterocycles. The molecule has 212 valence electrons. The molecule has 1 heterocycles. The predicted molar refractivity (Wildman–Crippen MR) is 151 cm³/mol. The van der Waals surface area contributed by atoms with E-state index in [0.717, 1.165) is 11.3 Å². The molecule has 0 fully saturated rings. The summed E-state index contributed by atoms with van der Waals surface area (Å²) in [6, 6.07) is 20.0. The van der Waals surface area contributed by atoms with Gasteiger partial charge in [-0.1, -0.05) is 30.3 Å². The Hall–Kier alpha value is -5.04. The first-order valence-electron chi connectivity index (χ1n) is 12.2. The molecule has 4 rings (SSSR count). The fraction of sp³-hybridized carbons (Fsp3) is 0.179. The third kappa shape index (κ3) is 7.13. The Morgan fingerprint density at radius 3 is 2.34 bits per heavy atom. The molecule has 1 aromatic heterocycles. The number of carbonyl (C=O) groups is 2. The highest BCUT2D eigenvalue weighted by atomic mass is 32.2. The molecular formula is C28H28N5O7S+. The number of para-hydroxylation sites is 2. The van der Waals surface area contributed by atoms with Crippen LogP contribution in [0.5, 0.6) is 23.0 Å². The van der Waals surface area contributed by atoms with Crippen LogP contribution in [0.15, 0.2) is 77.0 Å². The zero-order valence-electron chi connectivity index (χ0n) is 22.5. The van der Waals surface area contributed by atoms with Crippen LogP contribution >= 0.6 is 11.8 Å². The molecule has 1 amide bonds. The summed E-state index contributed by atoms with van der Waals surface area (Å²) >= 11 is 1.21. The summed E-state index contributed by atoms with van der Waals surface area (Å²) in [7, 11) is 4.63. The van der Waals surface area contributed by atoms with E-state index in [1.807, 2.05) is 47.0 Å². The highest BCUT2D eigenvalue weighted by molar-refractivity contribution is 7.99. The van der Waals surface area contributed by atoms with Gasteiger partial charge in [-0.3, -0.25) is 4.79 Å². The number of hydrogen-bond donors (Lipinski definition) is 3. The van der Waals surface area contributed by atoms with E-state index >= 15 is 0 Å². The summed E-state index contributed by atoms with van der Waals surface area (Å²) in [5.41, 5.74) is 4.54. The zero-order valence-corrected chi connectivity index (χ0v) is 23.3. The molecule has 0 spiro atoms. The quantitative estimate of drug-likeness (QED) is 0.0942. The van der Waals surface area contributed by atoms with Gasteiger partial charge < -0.3 is 24.1 Å². The summed E-state index contributed by atoms with van der Waals surface area (Å²) in [5.74, 6) is 0.952. The highest BCUT2D eigenvalue weighted by Gasteiger charge is 2.27. The van der Waals surface area contributed by atoms with Crippen LogP contribution in [0.25, 0.3) is 17.1 Å². The van der Waals surface area contributed by atoms with Gasteiger partial charge in [0, 0.05) is 5.56 Å². The van der Waals surface area contributed by atoms with Crippen LogP contribution in [0, 0.1) is 0 Å². The number of methoxy groups -OCH3 is 3. The molecule has 12 nitrogen and oxygen atoms in total. The molecule has 0 aliphatic carbocycles. The van der Waals surface area contributed by atoms with Crippen LogP contribution in [-0.2, 0) is 9.59 Å². The fourth-order valence-corrected chi connectivity index (χ4v) is 4.58. The number of aromatic nitrogens is 3. The predicted octanol–water partition coefficient (Wildman–Crippen LogP) is 3.09. The second-order valence-corrected chi connectivity index (χ2v) is 9.18. The molecule has 0 atom stereocenters. The van der Waals surface area contributed by atoms with Crippen LogP contribution in [0.1, 0.15) is 5.56 Å². The monoisotopic (exact) mass is 578 g/mol. The molecule has 13 heteroatoms. The first-order chi connectivity index (χ1) is 19.9. The standard InChI is InChI=1S/C28H27N5O7S/c1-37-22-13-19(14-23(38-2)26(22)39-3)27-31-32-28(33(27)20-10-5-4-6-11-20)41-17-24(34)30-29-15-18-9-7-8-12-21(18)40-16-25(35)36/h4-15H,16-17H2,1-3H3,(H2,30,34,35,36)/p+1/b29-15+. The van der Waals surface area contributed by atoms with Gasteiger partial charge in [-0.05, 0) is 48.2 Å². The van der Waals surface area contributed by atoms with Gasteiger partial charge in [0.05, 0.1) is 44.0 Å². The summed E-state index contributed by atoms with van der Waals surface area (Å²) in [6.07, 6.45) is 1.39. The number of amides is 1. The topological polar surface area (TPSA) is 148 Å². The number of nitrogens with one attached hydrogen (secondary N) is 2. The molecule has 41 heavy (non-hydrogen) atoms. The summed E-state index contributed by atoms with van der Waals surface area (Å²) < 4.78 is 23.6. The van der Waals surface area contributed by atoms with Gasteiger partial charge in [-0.15, -0.1) is 5.10 Å². The van der Waals surface area contributed by atoms with E-state index in [1.54, 1.807) is 38.5 Å². The zero-order chi connectivity index (χ0) is 29.2. The molecule has 3 aromatic carbocycles. The summed E-state index contributed by atoms with van der Waals surface area (Å²) in [4.78, 5) is 23.4. The number of thioether (sulfide) groups is 1. The van der Waals surface area contributed by atoms with Gasteiger partial charge in [0.1, 0.15) is 11.4 Å². The first-order valence-corrected chi connectivity index (χ1v) is 13.2. The molecule has 0 saturated carbocycles. The van der Waals surface area contributed by atoms with Crippen LogP contribution in [-0.4, -0.2) is 67.1 Å².